The third-order valence-electron chi connectivity index (χ3n) is 3.97. The first-order valence-electron chi connectivity index (χ1n) is 7.58. The minimum Gasteiger partial charge on any atom is -0.396 e. The lowest BCUT2D eigenvalue weighted by Crippen LogP contribution is -2.09. The standard InChI is InChI=1S/C18H23NO2/c1-3-14(4-2)9-10-18(21)19-13-15(11-12-20)16-7-5-6-8-17(16)19/h3,5-8,13,20H,4,9-12H2,1-2H3/b14-3+. The third-order valence-corrected chi connectivity index (χ3v) is 3.97. The zero-order valence-corrected chi connectivity index (χ0v) is 12.8. The average molecular weight is 285 g/mol. The number of aliphatic hydroxyl groups is 1. The van der Waals surface area contributed by atoms with Gasteiger partial charge in [0.15, 0.2) is 0 Å². The van der Waals surface area contributed by atoms with Crippen LogP contribution in [0.4, 0.5) is 0 Å². The molecule has 1 N–H and O–H groups in total. The van der Waals surface area contributed by atoms with Gasteiger partial charge in [0.2, 0.25) is 5.91 Å². The Labute approximate surface area is 125 Å². The van der Waals surface area contributed by atoms with Crippen LogP contribution in [-0.4, -0.2) is 22.2 Å². The number of nitrogens with zero attached hydrogens (tertiary/aromatic N) is 1. The van der Waals surface area contributed by atoms with Gasteiger partial charge >= 0.3 is 0 Å². The Hall–Kier alpha value is -1.87. The minimum atomic E-state index is 0.0980. The van der Waals surface area contributed by atoms with Crippen molar-refractivity contribution < 1.29 is 9.90 Å². The van der Waals surface area contributed by atoms with Gasteiger partial charge in [-0.3, -0.25) is 9.36 Å². The summed E-state index contributed by atoms with van der Waals surface area (Å²) in [5.41, 5.74) is 3.28. The molecule has 0 radical (unpaired) electrons. The van der Waals surface area contributed by atoms with Gasteiger partial charge in [-0.15, -0.1) is 0 Å². The van der Waals surface area contributed by atoms with Crippen LogP contribution in [0.5, 0.6) is 0 Å². The van der Waals surface area contributed by atoms with E-state index in [4.69, 9.17) is 5.11 Å². The van der Waals surface area contributed by atoms with Crippen LogP contribution in [0.2, 0.25) is 0 Å². The first-order valence-corrected chi connectivity index (χ1v) is 7.58. The Bertz CT molecular complexity index is 652. The topological polar surface area (TPSA) is 42.2 Å². The summed E-state index contributed by atoms with van der Waals surface area (Å²) < 4.78 is 1.74. The number of carbonyl (C=O) groups excluding carboxylic acids is 1. The molecule has 0 saturated heterocycles. The number of fused-ring (bicyclic) bond motifs is 1. The molecule has 0 bridgehead atoms. The van der Waals surface area contributed by atoms with Gasteiger partial charge in [0.1, 0.15) is 0 Å². The minimum absolute atomic E-state index is 0.0980. The number of aliphatic hydroxyl groups excluding tert-OH is 1. The summed E-state index contributed by atoms with van der Waals surface area (Å²) in [6.45, 7) is 4.23. The number of aromatic nitrogens is 1. The predicted octanol–water partition coefficient (Wildman–Crippen LogP) is 3.95. The maximum atomic E-state index is 12.5. The van der Waals surface area contributed by atoms with E-state index in [2.05, 4.69) is 13.0 Å². The molecule has 112 valence electrons. The summed E-state index contributed by atoms with van der Waals surface area (Å²) in [6.07, 6.45) is 6.88. The van der Waals surface area contributed by atoms with Crippen LogP contribution in [0.15, 0.2) is 42.1 Å². The second kappa shape index (κ2) is 7.23. The van der Waals surface area contributed by atoms with E-state index < -0.39 is 0 Å². The Balaban J connectivity index is 2.27. The van der Waals surface area contributed by atoms with E-state index in [9.17, 15) is 4.79 Å². The third kappa shape index (κ3) is 3.42. The van der Waals surface area contributed by atoms with Crippen molar-refractivity contribution >= 4 is 16.8 Å². The monoisotopic (exact) mass is 285 g/mol. The lowest BCUT2D eigenvalue weighted by Gasteiger charge is -2.06. The highest BCUT2D eigenvalue weighted by molar-refractivity contribution is 5.94. The molecule has 2 aromatic rings. The van der Waals surface area contributed by atoms with Gasteiger partial charge in [-0.2, -0.15) is 0 Å². The lowest BCUT2D eigenvalue weighted by atomic mass is 10.1. The van der Waals surface area contributed by atoms with Crippen molar-refractivity contribution in [2.75, 3.05) is 6.61 Å². The van der Waals surface area contributed by atoms with E-state index in [1.807, 2.05) is 37.4 Å². The molecule has 0 atom stereocenters. The predicted molar refractivity (Wildman–Crippen MR) is 86.6 cm³/mol. The molecule has 0 aliphatic rings. The Kier molecular flexibility index (Phi) is 5.34. The van der Waals surface area contributed by atoms with Crippen LogP contribution in [0.25, 0.3) is 10.9 Å². The van der Waals surface area contributed by atoms with Gasteiger partial charge in [0, 0.05) is 24.6 Å². The normalized spacial score (nSPS) is 12.0. The second-order valence-electron chi connectivity index (χ2n) is 5.21. The number of hydrogen-bond donors (Lipinski definition) is 1. The molecule has 0 aliphatic carbocycles. The van der Waals surface area contributed by atoms with Crippen molar-refractivity contribution in [1.29, 1.82) is 0 Å². The fourth-order valence-electron chi connectivity index (χ4n) is 2.69. The van der Waals surface area contributed by atoms with Gasteiger partial charge in [0.05, 0.1) is 5.52 Å². The Morgan fingerprint density at radius 1 is 1.29 bits per heavy atom. The van der Waals surface area contributed by atoms with Gasteiger partial charge < -0.3 is 5.11 Å². The van der Waals surface area contributed by atoms with Gasteiger partial charge in [-0.05, 0) is 37.8 Å². The largest absolute Gasteiger partial charge is 0.396 e. The van der Waals surface area contributed by atoms with E-state index in [0.717, 1.165) is 29.3 Å². The number of carbonyl (C=O) groups is 1. The van der Waals surface area contributed by atoms with Crippen molar-refractivity contribution in [2.24, 2.45) is 0 Å². The molecule has 0 fully saturated rings. The quantitative estimate of drug-likeness (QED) is 0.816. The lowest BCUT2D eigenvalue weighted by molar-refractivity contribution is 0.0908. The first-order chi connectivity index (χ1) is 10.2. The summed E-state index contributed by atoms with van der Waals surface area (Å²) >= 11 is 0. The number of rotatable bonds is 6. The van der Waals surface area contributed by atoms with Crippen LogP contribution in [0, 0.1) is 0 Å². The summed E-state index contributed by atoms with van der Waals surface area (Å²) in [4.78, 5) is 12.5. The van der Waals surface area contributed by atoms with Crippen molar-refractivity contribution in [3.05, 3.63) is 47.7 Å². The molecule has 0 aliphatic heterocycles. The van der Waals surface area contributed by atoms with Gasteiger partial charge in [-0.1, -0.05) is 36.8 Å². The molecule has 3 nitrogen and oxygen atoms in total. The molecule has 21 heavy (non-hydrogen) atoms. The van der Waals surface area contributed by atoms with Crippen LogP contribution >= 0.6 is 0 Å². The van der Waals surface area contributed by atoms with Crippen LogP contribution < -0.4 is 0 Å². The highest BCUT2D eigenvalue weighted by Crippen LogP contribution is 2.23. The van der Waals surface area contributed by atoms with E-state index in [1.54, 1.807) is 4.57 Å². The average Bonchev–Trinajstić information content (AvgIpc) is 2.88. The number of para-hydroxylation sites is 1. The van der Waals surface area contributed by atoms with Gasteiger partial charge in [-0.25, -0.2) is 0 Å². The van der Waals surface area contributed by atoms with Crippen molar-refractivity contribution in [1.82, 2.24) is 4.57 Å². The highest BCUT2D eigenvalue weighted by atomic mass is 16.3. The molecule has 0 unspecified atom stereocenters. The highest BCUT2D eigenvalue weighted by Gasteiger charge is 2.13. The molecule has 0 spiro atoms. The summed E-state index contributed by atoms with van der Waals surface area (Å²) in [7, 11) is 0. The maximum Gasteiger partial charge on any atom is 0.231 e. The molecule has 1 aromatic carbocycles. The van der Waals surface area contributed by atoms with Crippen LogP contribution in [0.3, 0.4) is 0 Å². The molecule has 0 saturated carbocycles. The molecular formula is C18H23NO2. The summed E-state index contributed by atoms with van der Waals surface area (Å²) in [5.74, 6) is 0.114. The maximum absolute atomic E-state index is 12.5. The summed E-state index contributed by atoms with van der Waals surface area (Å²) in [5, 5.41) is 10.2. The summed E-state index contributed by atoms with van der Waals surface area (Å²) in [6, 6.07) is 7.88. The molecule has 2 rings (SSSR count). The number of hydrogen-bond acceptors (Lipinski definition) is 2. The first kappa shape index (κ1) is 15.5. The van der Waals surface area contributed by atoms with Crippen molar-refractivity contribution in [3.8, 4) is 0 Å². The van der Waals surface area contributed by atoms with Crippen molar-refractivity contribution in [3.63, 3.8) is 0 Å². The zero-order valence-electron chi connectivity index (χ0n) is 12.8. The Morgan fingerprint density at radius 3 is 2.71 bits per heavy atom. The van der Waals surface area contributed by atoms with E-state index in [0.29, 0.717) is 12.8 Å². The van der Waals surface area contributed by atoms with E-state index in [1.165, 1.54) is 5.57 Å². The van der Waals surface area contributed by atoms with Gasteiger partial charge in [0.25, 0.3) is 0 Å². The van der Waals surface area contributed by atoms with E-state index >= 15 is 0 Å². The van der Waals surface area contributed by atoms with Crippen molar-refractivity contribution in [2.45, 2.75) is 39.5 Å². The van der Waals surface area contributed by atoms with Crippen LogP contribution in [0.1, 0.15) is 43.5 Å². The number of benzene rings is 1. The van der Waals surface area contributed by atoms with E-state index in [-0.39, 0.29) is 12.5 Å². The smallest absolute Gasteiger partial charge is 0.231 e. The zero-order chi connectivity index (χ0) is 15.2. The fourth-order valence-corrected chi connectivity index (χ4v) is 2.69. The SMILES string of the molecule is C/C=C(\CC)CCC(=O)n1cc(CCO)c2ccccc21. The molecule has 1 aromatic heterocycles. The second-order valence-corrected chi connectivity index (χ2v) is 5.21. The van der Waals surface area contributed by atoms with Crippen LogP contribution in [-0.2, 0) is 6.42 Å². The number of allylic oxidation sites excluding steroid dienone is 2. The molecule has 0 amide bonds. The molecule has 1 heterocycles. The molecule has 3 heteroatoms. The Morgan fingerprint density at radius 2 is 2.05 bits per heavy atom. The molecular weight excluding hydrogens is 262 g/mol. The fraction of sp³-hybridized carbons (Fsp3) is 0.389.